The number of nitrogens with one attached hydrogen (secondary N) is 5. The van der Waals surface area contributed by atoms with E-state index in [-0.39, 0.29) is 43.2 Å². The van der Waals surface area contributed by atoms with Crippen LogP contribution in [0, 0.1) is 17.8 Å². The van der Waals surface area contributed by atoms with E-state index in [0.29, 0.717) is 18.3 Å². The summed E-state index contributed by atoms with van der Waals surface area (Å²) in [6.07, 6.45) is 10.8. The molecule has 0 aromatic heterocycles. The van der Waals surface area contributed by atoms with Crippen LogP contribution in [-0.2, 0) is 24.4 Å². The third kappa shape index (κ3) is 16.1. The Morgan fingerprint density at radius 2 is 1.45 bits per heavy atom. The van der Waals surface area contributed by atoms with Crippen molar-refractivity contribution in [3.8, 4) is 0 Å². The second-order valence-electron chi connectivity index (χ2n) is 10.5. The number of allylic oxidation sites excluding steroid dienone is 1. The fourth-order valence-corrected chi connectivity index (χ4v) is 6.04. The average molecular weight is 631 g/mol. The Bertz CT molecular complexity index is 859. The topological polar surface area (TPSA) is 166 Å². The first-order chi connectivity index (χ1) is 18.2. The maximum Gasteiger partial charge on any atom is 0.323 e. The molecule has 0 aliphatic carbocycles. The molecule has 0 aromatic rings. The van der Waals surface area contributed by atoms with Gasteiger partial charge in [0.15, 0.2) is 0 Å². The van der Waals surface area contributed by atoms with E-state index >= 15 is 0 Å². The summed E-state index contributed by atoms with van der Waals surface area (Å²) in [6.45, 7) is 5.23. The maximum absolute atomic E-state index is 13.0. The lowest BCUT2D eigenvalue weighted by Crippen LogP contribution is -2.49. The highest BCUT2D eigenvalue weighted by Gasteiger charge is 2.25. The Labute approximate surface area is 251 Å². The van der Waals surface area contributed by atoms with Crippen molar-refractivity contribution in [2.45, 2.75) is 77.2 Å². The highest BCUT2D eigenvalue weighted by atomic mass is 35.5. The van der Waals surface area contributed by atoms with Crippen LogP contribution in [0.25, 0.3) is 0 Å². The minimum atomic E-state index is -3.95. The average Bonchev–Trinajstić information content (AvgIpc) is 2.90. The summed E-state index contributed by atoms with van der Waals surface area (Å²) in [5, 5.41) is 22.2. The largest absolute Gasteiger partial charge is 0.480 e. The van der Waals surface area contributed by atoms with Gasteiger partial charge in [0.1, 0.15) is 6.04 Å². The van der Waals surface area contributed by atoms with Gasteiger partial charge in [-0.1, -0.05) is 19.4 Å². The summed E-state index contributed by atoms with van der Waals surface area (Å²) < 4.78 is 26.2. The van der Waals surface area contributed by atoms with Crippen LogP contribution in [0.5, 0.6) is 0 Å². The van der Waals surface area contributed by atoms with Gasteiger partial charge in [-0.25, -0.2) is 8.42 Å². The van der Waals surface area contributed by atoms with Gasteiger partial charge in [0.05, 0.1) is 6.54 Å². The molecule has 14 heteroatoms. The zero-order valence-electron chi connectivity index (χ0n) is 23.5. The molecule has 11 nitrogen and oxygen atoms in total. The van der Waals surface area contributed by atoms with Crippen molar-refractivity contribution in [3.63, 3.8) is 0 Å². The molecule has 2 rings (SSSR count). The van der Waals surface area contributed by atoms with Crippen molar-refractivity contribution < 1.29 is 27.9 Å². The third-order valence-electron chi connectivity index (χ3n) is 7.40. The van der Waals surface area contributed by atoms with Gasteiger partial charge in [0, 0.05) is 17.9 Å². The predicted molar refractivity (Wildman–Crippen MR) is 161 cm³/mol. The highest BCUT2D eigenvalue weighted by molar-refractivity contribution is 7.92. The molecule has 0 bridgehead atoms. The smallest absolute Gasteiger partial charge is 0.323 e. The second kappa shape index (κ2) is 21.3. The molecule has 40 heavy (non-hydrogen) atoms. The minimum absolute atomic E-state index is 0. The van der Waals surface area contributed by atoms with Gasteiger partial charge < -0.3 is 26.4 Å². The van der Waals surface area contributed by atoms with Crippen LogP contribution >= 0.6 is 24.8 Å². The lowest BCUT2D eigenvalue weighted by molar-refractivity contribution is -0.139. The fourth-order valence-electron chi connectivity index (χ4n) is 4.99. The molecule has 1 unspecified atom stereocenters. The number of rotatable bonds is 17. The monoisotopic (exact) mass is 629 g/mol. The quantitative estimate of drug-likeness (QED) is 0.142. The Morgan fingerprint density at radius 3 is 1.93 bits per heavy atom. The second-order valence-corrected chi connectivity index (χ2v) is 12.1. The fraction of sp³-hybridized carbons (Fsp3) is 0.808. The van der Waals surface area contributed by atoms with Crippen LogP contribution in [-0.4, -0.2) is 76.6 Å². The van der Waals surface area contributed by atoms with Crippen molar-refractivity contribution in [2.75, 3.05) is 39.3 Å². The Hall–Kier alpha value is -1.44. The van der Waals surface area contributed by atoms with Gasteiger partial charge >= 0.3 is 5.97 Å². The number of unbranched alkanes of at least 4 members (excludes halogenated alkanes) is 1. The summed E-state index contributed by atoms with van der Waals surface area (Å²) in [5.41, 5.74) is 0. The minimum Gasteiger partial charge on any atom is -0.480 e. The first-order valence-corrected chi connectivity index (χ1v) is 15.6. The number of carbonyl (C=O) groups is 3. The molecule has 2 heterocycles. The summed E-state index contributed by atoms with van der Waals surface area (Å²) in [4.78, 5) is 36.9. The van der Waals surface area contributed by atoms with E-state index in [1.807, 2.05) is 6.92 Å². The number of carbonyl (C=O) groups excluding carboxylic acids is 2. The van der Waals surface area contributed by atoms with E-state index in [1.54, 1.807) is 0 Å². The van der Waals surface area contributed by atoms with Crippen molar-refractivity contribution in [2.24, 2.45) is 17.8 Å². The van der Waals surface area contributed by atoms with Gasteiger partial charge in [0.25, 0.3) is 0 Å². The molecule has 6 N–H and O–H groups in total. The first-order valence-electron chi connectivity index (χ1n) is 14.1. The lowest BCUT2D eigenvalue weighted by Gasteiger charge is -2.27. The van der Waals surface area contributed by atoms with Gasteiger partial charge in [-0.15, -0.1) is 24.8 Å². The molecule has 2 fully saturated rings. The van der Waals surface area contributed by atoms with Crippen molar-refractivity contribution >= 4 is 52.6 Å². The highest BCUT2D eigenvalue weighted by Crippen LogP contribution is 2.26. The number of amides is 2. The summed E-state index contributed by atoms with van der Waals surface area (Å²) in [6, 6.07) is -1.52. The SMILES string of the molecule is CCC/C=C/S(=O)(=O)NC(CNC(=O)CNC(=O)C(CCC1CCNCC1)CCC1CCNCC1)C(=O)O.Cl.Cl. The molecule has 2 amide bonds. The summed E-state index contributed by atoms with van der Waals surface area (Å²) >= 11 is 0. The standard InChI is InChI=1S/C26H47N5O6S.2ClH/c1-2-3-4-17-38(36,37)31-23(26(34)35)18-29-24(32)19-30-25(33)22(7-5-20-9-13-27-14-10-20)8-6-21-11-15-28-16-12-21;;/h4,17,20-23,27-28,31H,2-3,5-16,18-19H2,1H3,(H,29,32)(H,30,33)(H,34,35);2*1H/b17-4+;;. The van der Waals surface area contributed by atoms with E-state index in [1.165, 1.54) is 6.08 Å². The van der Waals surface area contributed by atoms with Gasteiger partial charge in [-0.2, -0.15) is 4.72 Å². The van der Waals surface area contributed by atoms with Gasteiger partial charge in [-0.05, 0) is 95.8 Å². The molecular weight excluding hydrogens is 581 g/mol. The van der Waals surface area contributed by atoms with E-state index in [4.69, 9.17) is 0 Å². The summed E-state index contributed by atoms with van der Waals surface area (Å²) in [7, 11) is -3.95. The number of halogens is 2. The number of carboxylic acids is 1. The zero-order chi connectivity index (χ0) is 27.8. The van der Waals surface area contributed by atoms with Gasteiger partial charge in [-0.3, -0.25) is 14.4 Å². The molecule has 234 valence electrons. The van der Waals surface area contributed by atoms with E-state index in [9.17, 15) is 27.9 Å². The zero-order valence-corrected chi connectivity index (χ0v) is 25.9. The van der Waals surface area contributed by atoms with Crippen LogP contribution in [0.1, 0.15) is 71.1 Å². The van der Waals surface area contributed by atoms with Crippen LogP contribution < -0.4 is 26.0 Å². The first kappa shape index (κ1) is 38.6. The molecule has 0 spiro atoms. The number of piperidine rings is 2. The third-order valence-corrected chi connectivity index (χ3v) is 8.56. The normalized spacial score (nSPS) is 17.6. The molecule has 1 atom stereocenters. The van der Waals surface area contributed by atoms with Crippen LogP contribution in [0.3, 0.4) is 0 Å². The van der Waals surface area contributed by atoms with E-state index < -0.39 is 34.5 Å². The Morgan fingerprint density at radius 1 is 0.925 bits per heavy atom. The Kier molecular flexibility index (Phi) is 20.5. The number of sulfonamides is 1. The molecule has 0 saturated carbocycles. The maximum atomic E-state index is 13.0. The van der Waals surface area contributed by atoms with E-state index in [0.717, 1.165) is 89.4 Å². The van der Waals surface area contributed by atoms with Crippen LogP contribution in [0.2, 0.25) is 0 Å². The number of carboxylic acid groups (broad SMARTS) is 1. The van der Waals surface area contributed by atoms with Crippen LogP contribution in [0.4, 0.5) is 0 Å². The molecule has 2 aliphatic rings. The Balaban J connectivity index is 0.00000760. The lowest BCUT2D eigenvalue weighted by atomic mass is 9.84. The number of hydrogen-bond donors (Lipinski definition) is 6. The molecular formula is C26H49Cl2N5O6S. The van der Waals surface area contributed by atoms with Crippen molar-refractivity contribution in [1.29, 1.82) is 0 Å². The predicted octanol–water partition coefficient (Wildman–Crippen LogP) is 1.92. The summed E-state index contributed by atoms with van der Waals surface area (Å²) in [5.74, 6) is -1.07. The number of aliphatic carboxylic acids is 1. The van der Waals surface area contributed by atoms with Crippen molar-refractivity contribution in [1.82, 2.24) is 26.0 Å². The number of hydrogen-bond acceptors (Lipinski definition) is 7. The molecule has 0 aromatic carbocycles. The molecule has 0 radical (unpaired) electrons. The van der Waals surface area contributed by atoms with Crippen LogP contribution in [0.15, 0.2) is 11.5 Å². The van der Waals surface area contributed by atoms with Gasteiger partial charge in [0.2, 0.25) is 21.8 Å². The molecule has 2 aliphatic heterocycles. The van der Waals surface area contributed by atoms with Crippen molar-refractivity contribution in [3.05, 3.63) is 11.5 Å². The van der Waals surface area contributed by atoms with E-state index in [2.05, 4.69) is 26.0 Å². The molecule has 2 saturated heterocycles.